The molecule has 0 radical (unpaired) electrons. The van der Waals surface area contributed by atoms with Crippen molar-refractivity contribution in [3.05, 3.63) is 53.8 Å². The number of para-hydroxylation sites is 1. The van der Waals surface area contributed by atoms with E-state index in [1.165, 1.54) is 24.6 Å². The van der Waals surface area contributed by atoms with Crippen molar-refractivity contribution in [2.24, 2.45) is 4.99 Å². The standard InChI is InChI=1S/C20H24FN3O2/c1-26-19-8-4-3-7-15(19)14-22-20(24-11-5-2-6-12-24)23-17-13-16(21)9-10-18(17)25/h3-4,7-10,13,25H,2,5-6,11-12,14H2,1H3,(H,22,23). The molecule has 1 fully saturated rings. The van der Waals surface area contributed by atoms with Crippen LogP contribution in [-0.4, -0.2) is 36.2 Å². The van der Waals surface area contributed by atoms with Gasteiger partial charge >= 0.3 is 0 Å². The lowest BCUT2D eigenvalue weighted by atomic mass is 10.1. The van der Waals surface area contributed by atoms with Crippen molar-refractivity contribution in [1.82, 2.24) is 4.90 Å². The minimum atomic E-state index is -0.409. The number of hydrogen-bond acceptors (Lipinski definition) is 3. The average molecular weight is 357 g/mol. The van der Waals surface area contributed by atoms with Crippen LogP contribution in [0.1, 0.15) is 24.8 Å². The minimum Gasteiger partial charge on any atom is -0.506 e. The number of aliphatic imine (C=N–C) groups is 1. The van der Waals surface area contributed by atoms with Gasteiger partial charge in [-0.1, -0.05) is 18.2 Å². The lowest BCUT2D eigenvalue weighted by Gasteiger charge is -2.30. The van der Waals surface area contributed by atoms with Crippen LogP contribution in [0.5, 0.6) is 11.5 Å². The molecule has 0 amide bonds. The molecule has 1 heterocycles. The van der Waals surface area contributed by atoms with Gasteiger partial charge in [-0.25, -0.2) is 9.38 Å². The number of hydrogen-bond donors (Lipinski definition) is 2. The summed E-state index contributed by atoms with van der Waals surface area (Å²) >= 11 is 0. The van der Waals surface area contributed by atoms with Gasteiger partial charge < -0.3 is 20.1 Å². The van der Waals surface area contributed by atoms with Crippen molar-refractivity contribution in [1.29, 1.82) is 0 Å². The Kier molecular flexibility index (Phi) is 5.94. The molecule has 5 nitrogen and oxygen atoms in total. The molecular formula is C20H24FN3O2. The Morgan fingerprint density at radius 1 is 1.19 bits per heavy atom. The number of anilines is 1. The Labute approximate surface area is 153 Å². The number of nitrogens with zero attached hydrogens (tertiary/aromatic N) is 2. The van der Waals surface area contributed by atoms with Gasteiger partial charge in [0.15, 0.2) is 5.96 Å². The molecule has 26 heavy (non-hydrogen) atoms. The minimum absolute atomic E-state index is 0.00611. The maximum absolute atomic E-state index is 13.6. The Balaban J connectivity index is 1.86. The summed E-state index contributed by atoms with van der Waals surface area (Å²) in [6.45, 7) is 2.20. The van der Waals surface area contributed by atoms with Gasteiger partial charge in [-0.15, -0.1) is 0 Å². The van der Waals surface area contributed by atoms with Gasteiger partial charge in [0.2, 0.25) is 0 Å². The van der Waals surface area contributed by atoms with E-state index >= 15 is 0 Å². The van der Waals surface area contributed by atoms with Crippen molar-refractivity contribution < 1.29 is 14.2 Å². The number of benzene rings is 2. The third-order valence-electron chi connectivity index (χ3n) is 4.45. The number of rotatable bonds is 4. The molecule has 1 aliphatic heterocycles. The number of likely N-dealkylation sites (tertiary alicyclic amines) is 1. The van der Waals surface area contributed by atoms with Crippen molar-refractivity contribution in [3.63, 3.8) is 0 Å². The fourth-order valence-corrected chi connectivity index (χ4v) is 3.05. The number of phenols is 1. The van der Waals surface area contributed by atoms with E-state index in [1.807, 2.05) is 24.3 Å². The maximum atomic E-state index is 13.6. The number of methoxy groups -OCH3 is 1. The van der Waals surface area contributed by atoms with Gasteiger partial charge in [0, 0.05) is 24.7 Å². The molecular weight excluding hydrogens is 333 g/mol. The fraction of sp³-hybridized carbons (Fsp3) is 0.350. The highest BCUT2D eigenvalue weighted by atomic mass is 19.1. The lowest BCUT2D eigenvalue weighted by Crippen LogP contribution is -2.40. The molecule has 3 rings (SSSR count). The Hall–Kier alpha value is -2.76. The van der Waals surface area contributed by atoms with Crippen LogP contribution in [0.15, 0.2) is 47.5 Å². The summed E-state index contributed by atoms with van der Waals surface area (Å²) in [5.74, 6) is 1.00. The highest BCUT2D eigenvalue weighted by molar-refractivity contribution is 5.95. The van der Waals surface area contributed by atoms with Crippen molar-refractivity contribution in [3.8, 4) is 11.5 Å². The van der Waals surface area contributed by atoms with Crippen LogP contribution >= 0.6 is 0 Å². The molecule has 2 aromatic carbocycles. The van der Waals surface area contributed by atoms with Crippen LogP contribution in [0, 0.1) is 5.82 Å². The van der Waals surface area contributed by atoms with Crippen LogP contribution in [-0.2, 0) is 6.54 Å². The zero-order valence-corrected chi connectivity index (χ0v) is 14.9. The van der Waals surface area contributed by atoms with Gasteiger partial charge in [-0.05, 0) is 37.5 Å². The van der Waals surface area contributed by atoms with Gasteiger partial charge in [0.05, 0.1) is 19.3 Å². The van der Waals surface area contributed by atoms with E-state index in [9.17, 15) is 9.50 Å². The highest BCUT2D eigenvalue weighted by Crippen LogP contribution is 2.25. The smallest absolute Gasteiger partial charge is 0.198 e. The quantitative estimate of drug-likeness (QED) is 0.493. The topological polar surface area (TPSA) is 57.1 Å². The third-order valence-corrected chi connectivity index (χ3v) is 4.45. The predicted molar refractivity (Wildman–Crippen MR) is 101 cm³/mol. The zero-order chi connectivity index (χ0) is 18.4. The first-order chi connectivity index (χ1) is 12.7. The monoisotopic (exact) mass is 357 g/mol. The highest BCUT2D eigenvalue weighted by Gasteiger charge is 2.17. The predicted octanol–water partition coefficient (Wildman–Crippen LogP) is 3.99. The Morgan fingerprint density at radius 3 is 2.73 bits per heavy atom. The van der Waals surface area contributed by atoms with E-state index in [4.69, 9.17) is 9.73 Å². The van der Waals surface area contributed by atoms with E-state index in [2.05, 4.69) is 10.2 Å². The molecule has 0 atom stereocenters. The molecule has 6 heteroatoms. The van der Waals surface area contributed by atoms with Gasteiger partial charge in [0.25, 0.3) is 0 Å². The molecule has 0 spiro atoms. The number of aromatic hydroxyl groups is 1. The summed E-state index contributed by atoms with van der Waals surface area (Å²) in [6, 6.07) is 11.6. The molecule has 0 aromatic heterocycles. The molecule has 2 N–H and O–H groups in total. The fourth-order valence-electron chi connectivity index (χ4n) is 3.05. The van der Waals surface area contributed by atoms with Crippen molar-refractivity contribution in [2.45, 2.75) is 25.8 Å². The van der Waals surface area contributed by atoms with E-state index in [1.54, 1.807) is 7.11 Å². The van der Waals surface area contributed by atoms with Crippen molar-refractivity contribution in [2.75, 3.05) is 25.5 Å². The van der Waals surface area contributed by atoms with Gasteiger partial charge in [-0.3, -0.25) is 0 Å². The maximum Gasteiger partial charge on any atom is 0.198 e. The van der Waals surface area contributed by atoms with Crippen LogP contribution < -0.4 is 10.1 Å². The second kappa shape index (κ2) is 8.56. The van der Waals surface area contributed by atoms with E-state index < -0.39 is 5.82 Å². The summed E-state index contributed by atoms with van der Waals surface area (Å²) < 4.78 is 19.0. The molecule has 0 aliphatic carbocycles. The number of nitrogens with one attached hydrogen (secondary N) is 1. The van der Waals surface area contributed by atoms with Crippen LogP contribution in [0.2, 0.25) is 0 Å². The van der Waals surface area contributed by atoms with E-state index in [0.29, 0.717) is 18.2 Å². The number of piperidine rings is 1. The Morgan fingerprint density at radius 2 is 1.96 bits per heavy atom. The first kappa shape index (κ1) is 18.0. The summed E-state index contributed by atoms with van der Waals surface area (Å²) in [5.41, 5.74) is 1.28. The SMILES string of the molecule is COc1ccccc1CN=C(Nc1cc(F)ccc1O)N1CCCCC1. The van der Waals surface area contributed by atoms with E-state index in [-0.39, 0.29) is 5.75 Å². The summed E-state index contributed by atoms with van der Waals surface area (Å²) in [7, 11) is 1.64. The summed E-state index contributed by atoms with van der Waals surface area (Å²) in [4.78, 5) is 6.85. The zero-order valence-electron chi connectivity index (χ0n) is 14.9. The van der Waals surface area contributed by atoms with Gasteiger partial charge in [0.1, 0.15) is 17.3 Å². The molecule has 1 aliphatic rings. The summed E-state index contributed by atoms with van der Waals surface area (Å²) in [5, 5.41) is 13.1. The Bertz CT molecular complexity index is 773. The number of phenolic OH excluding ortho intramolecular Hbond substituents is 1. The number of guanidine groups is 1. The van der Waals surface area contributed by atoms with E-state index in [0.717, 1.165) is 37.2 Å². The van der Waals surface area contributed by atoms with Crippen molar-refractivity contribution >= 4 is 11.6 Å². The number of ether oxygens (including phenoxy) is 1. The number of halogens is 1. The molecule has 2 aromatic rings. The first-order valence-electron chi connectivity index (χ1n) is 8.84. The average Bonchev–Trinajstić information content (AvgIpc) is 2.68. The normalized spacial score (nSPS) is 15.0. The summed E-state index contributed by atoms with van der Waals surface area (Å²) in [6.07, 6.45) is 3.37. The first-order valence-corrected chi connectivity index (χ1v) is 8.84. The lowest BCUT2D eigenvalue weighted by molar-refractivity contribution is 0.340. The second-order valence-corrected chi connectivity index (χ2v) is 6.29. The molecule has 1 saturated heterocycles. The second-order valence-electron chi connectivity index (χ2n) is 6.29. The molecule has 0 bridgehead atoms. The van der Waals surface area contributed by atoms with Gasteiger partial charge in [-0.2, -0.15) is 0 Å². The van der Waals surface area contributed by atoms with Crippen LogP contribution in [0.25, 0.3) is 0 Å². The largest absolute Gasteiger partial charge is 0.506 e. The van der Waals surface area contributed by atoms with Crippen LogP contribution in [0.3, 0.4) is 0 Å². The molecule has 0 saturated carbocycles. The molecule has 0 unspecified atom stereocenters. The third kappa shape index (κ3) is 4.45. The van der Waals surface area contributed by atoms with Crippen LogP contribution in [0.4, 0.5) is 10.1 Å². The molecule has 138 valence electrons.